The number of ether oxygens (including phenoxy) is 1. The van der Waals surface area contributed by atoms with Crippen LogP contribution in [0.5, 0.6) is 5.75 Å². The molecule has 0 saturated heterocycles. The largest absolute Gasteiger partial charge is 0.496 e. The summed E-state index contributed by atoms with van der Waals surface area (Å²) in [4.78, 5) is 11.1. The molecule has 0 saturated carbocycles. The Morgan fingerprint density at radius 1 is 1.44 bits per heavy atom. The summed E-state index contributed by atoms with van der Waals surface area (Å²) in [6, 6.07) is 5.60. The molecule has 1 aromatic rings. The SMILES string of the molecule is CCc1ccc(C(C)(C)C(=O)O)cc1OC. The number of carboxylic acid groups (broad SMARTS) is 1. The van der Waals surface area contributed by atoms with Crippen molar-refractivity contribution in [3.05, 3.63) is 29.3 Å². The number of aliphatic carboxylic acids is 1. The molecule has 1 aromatic carbocycles. The Bertz CT molecular complexity index is 394. The third-order valence-corrected chi connectivity index (χ3v) is 2.92. The van der Waals surface area contributed by atoms with Gasteiger partial charge < -0.3 is 9.84 Å². The van der Waals surface area contributed by atoms with Gasteiger partial charge in [0, 0.05) is 0 Å². The maximum absolute atomic E-state index is 11.1. The fraction of sp³-hybridized carbons (Fsp3) is 0.462. The van der Waals surface area contributed by atoms with Crippen molar-refractivity contribution in [3.8, 4) is 5.75 Å². The number of hydrogen-bond donors (Lipinski definition) is 1. The quantitative estimate of drug-likeness (QED) is 0.851. The average molecular weight is 222 g/mol. The predicted octanol–water partition coefficient (Wildman–Crippen LogP) is 2.62. The molecule has 1 N–H and O–H groups in total. The molecule has 3 heteroatoms. The van der Waals surface area contributed by atoms with Crippen LogP contribution in [0.25, 0.3) is 0 Å². The second-order valence-electron chi connectivity index (χ2n) is 4.31. The fourth-order valence-corrected chi connectivity index (χ4v) is 1.55. The molecule has 0 aliphatic heterocycles. The molecule has 0 aromatic heterocycles. The summed E-state index contributed by atoms with van der Waals surface area (Å²) in [5, 5.41) is 9.14. The number of hydrogen-bond acceptors (Lipinski definition) is 2. The molecule has 0 radical (unpaired) electrons. The van der Waals surface area contributed by atoms with Crippen LogP contribution in [0.15, 0.2) is 18.2 Å². The lowest BCUT2D eigenvalue weighted by Gasteiger charge is -2.21. The summed E-state index contributed by atoms with van der Waals surface area (Å²) >= 11 is 0. The van der Waals surface area contributed by atoms with Gasteiger partial charge in [0.05, 0.1) is 12.5 Å². The molecule has 0 amide bonds. The molecule has 0 heterocycles. The first kappa shape index (κ1) is 12.6. The summed E-state index contributed by atoms with van der Waals surface area (Å²) in [6.45, 7) is 5.42. The van der Waals surface area contributed by atoms with Gasteiger partial charge in [-0.15, -0.1) is 0 Å². The third kappa shape index (κ3) is 2.18. The van der Waals surface area contributed by atoms with Crippen molar-refractivity contribution < 1.29 is 14.6 Å². The van der Waals surface area contributed by atoms with Gasteiger partial charge in [0.25, 0.3) is 0 Å². The van der Waals surface area contributed by atoms with Crippen molar-refractivity contribution in [1.82, 2.24) is 0 Å². The zero-order chi connectivity index (χ0) is 12.3. The van der Waals surface area contributed by atoms with Crippen molar-refractivity contribution in [2.75, 3.05) is 7.11 Å². The van der Waals surface area contributed by atoms with Gasteiger partial charge >= 0.3 is 5.97 Å². The average Bonchev–Trinajstić information content (AvgIpc) is 2.27. The second kappa shape index (κ2) is 4.56. The van der Waals surface area contributed by atoms with Crippen LogP contribution in [0.1, 0.15) is 31.9 Å². The van der Waals surface area contributed by atoms with Crippen molar-refractivity contribution in [2.45, 2.75) is 32.6 Å². The number of carbonyl (C=O) groups is 1. The van der Waals surface area contributed by atoms with Gasteiger partial charge in [-0.3, -0.25) is 4.79 Å². The Morgan fingerprint density at radius 3 is 2.50 bits per heavy atom. The lowest BCUT2D eigenvalue weighted by molar-refractivity contribution is -0.142. The maximum Gasteiger partial charge on any atom is 0.313 e. The molecule has 0 atom stereocenters. The van der Waals surface area contributed by atoms with Crippen LogP contribution in [0.3, 0.4) is 0 Å². The molecule has 16 heavy (non-hydrogen) atoms. The lowest BCUT2D eigenvalue weighted by Crippen LogP contribution is -2.28. The molecule has 0 bridgehead atoms. The minimum atomic E-state index is -0.889. The van der Waals surface area contributed by atoms with Crippen LogP contribution in [0.2, 0.25) is 0 Å². The van der Waals surface area contributed by atoms with Crippen LogP contribution in [0, 0.1) is 0 Å². The van der Waals surface area contributed by atoms with Gasteiger partial charge in [-0.2, -0.15) is 0 Å². The highest BCUT2D eigenvalue weighted by atomic mass is 16.5. The molecule has 0 fully saturated rings. The first-order valence-corrected chi connectivity index (χ1v) is 5.34. The minimum absolute atomic E-state index is 0.758. The normalized spacial score (nSPS) is 11.2. The highest BCUT2D eigenvalue weighted by molar-refractivity contribution is 5.80. The first-order chi connectivity index (χ1) is 7.43. The van der Waals surface area contributed by atoms with Crippen LogP contribution < -0.4 is 4.74 Å². The van der Waals surface area contributed by atoms with E-state index in [0.717, 1.165) is 23.3 Å². The maximum atomic E-state index is 11.1. The Morgan fingerprint density at radius 2 is 2.06 bits per heavy atom. The Balaban J connectivity index is 3.23. The number of benzene rings is 1. The Kier molecular flexibility index (Phi) is 3.58. The van der Waals surface area contributed by atoms with E-state index in [-0.39, 0.29) is 0 Å². The molecule has 0 unspecified atom stereocenters. The van der Waals surface area contributed by atoms with E-state index in [4.69, 9.17) is 9.84 Å². The topological polar surface area (TPSA) is 46.5 Å². The second-order valence-corrected chi connectivity index (χ2v) is 4.31. The van der Waals surface area contributed by atoms with Gasteiger partial charge in [-0.05, 0) is 37.5 Å². The van der Waals surface area contributed by atoms with Crippen LogP contribution in [0.4, 0.5) is 0 Å². The zero-order valence-electron chi connectivity index (χ0n) is 10.2. The summed E-state index contributed by atoms with van der Waals surface area (Å²) in [5.41, 5.74) is 0.959. The van der Waals surface area contributed by atoms with Crippen LogP contribution in [-0.4, -0.2) is 18.2 Å². The molecule has 0 aliphatic rings. The molecule has 0 aliphatic carbocycles. The van der Waals surface area contributed by atoms with Gasteiger partial charge in [-0.25, -0.2) is 0 Å². The molecule has 0 spiro atoms. The number of rotatable bonds is 4. The molecule has 88 valence electrons. The molecule has 1 rings (SSSR count). The summed E-state index contributed by atoms with van der Waals surface area (Å²) in [6.07, 6.45) is 0.872. The van der Waals surface area contributed by atoms with Crippen LogP contribution >= 0.6 is 0 Å². The predicted molar refractivity (Wildman–Crippen MR) is 63.0 cm³/mol. The van der Waals surface area contributed by atoms with E-state index in [2.05, 4.69) is 0 Å². The Hall–Kier alpha value is -1.51. The van der Waals surface area contributed by atoms with Crippen molar-refractivity contribution in [3.63, 3.8) is 0 Å². The van der Waals surface area contributed by atoms with Gasteiger partial charge in [-0.1, -0.05) is 19.1 Å². The minimum Gasteiger partial charge on any atom is -0.496 e. The van der Waals surface area contributed by atoms with Crippen LogP contribution in [-0.2, 0) is 16.6 Å². The van der Waals surface area contributed by atoms with E-state index in [1.54, 1.807) is 21.0 Å². The van der Waals surface area contributed by atoms with Crippen molar-refractivity contribution in [2.24, 2.45) is 0 Å². The van der Waals surface area contributed by atoms with Gasteiger partial charge in [0.15, 0.2) is 0 Å². The molecule has 3 nitrogen and oxygen atoms in total. The smallest absolute Gasteiger partial charge is 0.313 e. The van der Waals surface area contributed by atoms with E-state index >= 15 is 0 Å². The van der Waals surface area contributed by atoms with E-state index in [1.807, 2.05) is 25.1 Å². The molecular weight excluding hydrogens is 204 g/mol. The van der Waals surface area contributed by atoms with Gasteiger partial charge in [0.1, 0.15) is 5.75 Å². The first-order valence-electron chi connectivity index (χ1n) is 5.34. The van der Waals surface area contributed by atoms with Crippen molar-refractivity contribution >= 4 is 5.97 Å². The summed E-state index contributed by atoms with van der Waals surface area (Å²) in [7, 11) is 1.60. The van der Waals surface area contributed by atoms with E-state index in [1.165, 1.54) is 0 Å². The van der Waals surface area contributed by atoms with E-state index < -0.39 is 11.4 Å². The van der Waals surface area contributed by atoms with Crippen molar-refractivity contribution in [1.29, 1.82) is 0 Å². The molecular formula is C13H18O3. The highest BCUT2D eigenvalue weighted by Crippen LogP contribution is 2.29. The monoisotopic (exact) mass is 222 g/mol. The highest BCUT2D eigenvalue weighted by Gasteiger charge is 2.29. The van der Waals surface area contributed by atoms with E-state index in [0.29, 0.717) is 0 Å². The van der Waals surface area contributed by atoms with E-state index in [9.17, 15) is 4.79 Å². The fourth-order valence-electron chi connectivity index (χ4n) is 1.55. The number of methoxy groups -OCH3 is 1. The summed E-state index contributed by atoms with van der Waals surface area (Å²) in [5.74, 6) is -0.0758. The number of aryl methyl sites for hydroxylation is 1. The summed E-state index contributed by atoms with van der Waals surface area (Å²) < 4.78 is 5.26. The Labute approximate surface area is 96.1 Å². The lowest BCUT2D eigenvalue weighted by atomic mass is 9.84. The standard InChI is InChI=1S/C13H18O3/c1-5-9-6-7-10(8-11(9)16-4)13(2,3)12(14)15/h6-8H,5H2,1-4H3,(H,14,15). The third-order valence-electron chi connectivity index (χ3n) is 2.92. The van der Waals surface area contributed by atoms with Gasteiger partial charge in [0.2, 0.25) is 0 Å². The number of carboxylic acids is 1. The zero-order valence-corrected chi connectivity index (χ0v) is 10.2.